The van der Waals surface area contributed by atoms with Gasteiger partial charge in [0.05, 0.1) is 22.1 Å². The molecule has 3 nitrogen and oxygen atoms in total. The number of hydrogen-bond acceptors (Lipinski definition) is 2. The Morgan fingerprint density at radius 2 is 0.939 bits per heavy atom. The summed E-state index contributed by atoms with van der Waals surface area (Å²) in [6.45, 7) is 4.69. The fourth-order valence-corrected chi connectivity index (χ4v) is 10.7. The third-order valence-corrected chi connectivity index (χ3v) is 14.0. The first-order chi connectivity index (χ1) is 32.5. The van der Waals surface area contributed by atoms with Gasteiger partial charge >= 0.3 is 0 Å². The molecule has 66 heavy (non-hydrogen) atoms. The summed E-state index contributed by atoms with van der Waals surface area (Å²) in [4.78, 5) is 2.38. The van der Waals surface area contributed by atoms with Crippen molar-refractivity contribution in [3.8, 4) is 50.2 Å². The van der Waals surface area contributed by atoms with E-state index < -0.39 is 0 Å². The van der Waals surface area contributed by atoms with E-state index >= 15 is 0 Å². The Bertz CT molecular complexity index is 3820. The van der Waals surface area contributed by atoms with E-state index in [4.69, 9.17) is 4.42 Å². The quantitative estimate of drug-likeness (QED) is 0.159. The Morgan fingerprint density at radius 1 is 0.379 bits per heavy atom. The first kappa shape index (κ1) is 38.1. The van der Waals surface area contributed by atoms with Crippen molar-refractivity contribution in [3.05, 3.63) is 242 Å². The van der Waals surface area contributed by atoms with E-state index in [1.54, 1.807) is 0 Å². The first-order valence-electron chi connectivity index (χ1n) is 22.8. The van der Waals surface area contributed by atoms with Gasteiger partial charge in [0.2, 0.25) is 0 Å². The Morgan fingerprint density at radius 3 is 1.71 bits per heavy atom. The van der Waals surface area contributed by atoms with Crippen LogP contribution >= 0.6 is 0 Å². The Kier molecular flexibility index (Phi) is 8.56. The number of rotatable bonds is 7. The summed E-state index contributed by atoms with van der Waals surface area (Å²) in [5.41, 5.74) is 20.9. The fraction of sp³-hybridized carbons (Fsp3) is 0.0476. The molecule has 0 bridgehead atoms. The van der Waals surface area contributed by atoms with Crippen LogP contribution in [0.2, 0.25) is 0 Å². The maximum Gasteiger partial charge on any atom is 0.137 e. The second kappa shape index (κ2) is 14.8. The van der Waals surface area contributed by atoms with E-state index in [2.05, 4.69) is 254 Å². The normalized spacial score (nSPS) is 12.8. The minimum absolute atomic E-state index is 0.0635. The van der Waals surface area contributed by atoms with Gasteiger partial charge < -0.3 is 13.9 Å². The van der Waals surface area contributed by atoms with Gasteiger partial charge in [-0.05, 0) is 141 Å². The molecule has 0 unspecified atom stereocenters. The van der Waals surface area contributed by atoms with Crippen molar-refractivity contribution >= 4 is 60.8 Å². The first-order valence-corrected chi connectivity index (χ1v) is 22.8. The van der Waals surface area contributed by atoms with Crippen molar-refractivity contribution in [2.45, 2.75) is 19.3 Å². The largest absolute Gasteiger partial charge is 0.456 e. The van der Waals surface area contributed by atoms with Crippen molar-refractivity contribution in [3.63, 3.8) is 0 Å². The highest BCUT2D eigenvalue weighted by molar-refractivity contribution is 6.15. The number of fused-ring (bicyclic) bond motifs is 9. The van der Waals surface area contributed by atoms with E-state index in [-0.39, 0.29) is 5.41 Å². The molecule has 3 heteroatoms. The summed E-state index contributed by atoms with van der Waals surface area (Å²) >= 11 is 0. The highest BCUT2D eigenvalue weighted by Crippen LogP contribution is 2.50. The van der Waals surface area contributed by atoms with Gasteiger partial charge in [0, 0.05) is 38.6 Å². The predicted octanol–water partition coefficient (Wildman–Crippen LogP) is 17.5. The van der Waals surface area contributed by atoms with Crippen molar-refractivity contribution in [2.24, 2.45) is 0 Å². The zero-order chi connectivity index (χ0) is 43.9. The number of nitrogens with zero attached hydrogens (tertiary/aromatic N) is 2. The van der Waals surface area contributed by atoms with Crippen LogP contribution in [0.15, 0.2) is 235 Å². The molecule has 12 aromatic rings. The van der Waals surface area contributed by atoms with Gasteiger partial charge in [0.25, 0.3) is 0 Å². The molecule has 0 fully saturated rings. The molecule has 0 saturated heterocycles. The molecular formula is C63H44N2O. The summed E-state index contributed by atoms with van der Waals surface area (Å²) in [6, 6.07) is 83.8. The molecule has 0 saturated carbocycles. The van der Waals surface area contributed by atoms with Gasteiger partial charge in [0.1, 0.15) is 11.2 Å². The number of furan rings is 1. The Hall–Kier alpha value is -8.40. The van der Waals surface area contributed by atoms with E-state index in [0.29, 0.717) is 0 Å². The molecule has 1 aliphatic rings. The summed E-state index contributed by atoms with van der Waals surface area (Å²) in [5, 5.41) is 4.62. The second-order valence-electron chi connectivity index (χ2n) is 18.1. The Labute approximate surface area is 384 Å². The van der Waals surface area contributed by atoms with Crippen molar-refractivity contribution in [2.75, 3.05) is 4.90 Å². The van der Waals surface area contributed by atoms with Gasteiger partial charge in [-0.3, -0.25) is 0 Å². The van der Waals surface area contributed by atoms with E-state index in [1.807, 2.05) is 0 Å². The molecule has 0 radical (unpaired) electrons. The van der Waals surface area contributed by atoms with E-state index in [1.165, 1.54) is 66.3 Å². The number of benzene rings is 10. The smallest absolute Gasteiger partial charge is 0.137 e. The lowest BCUT2D eigenvalue weighted by molar-refractivity contribution is 0.660. The van der Waals surface area contributed by atoms with Gasteiger partial charge in [-0.25, -0.2) is 0 Å². The van der Waals surface area contributed by atoms with Gasteiger partial charge in [-0.1, -0.05) is 159 Å². The number of anilines is 3. The van der Waals surface area contributed by atoms with Crippen LogP contribution in [0.4, 0.5) is 17.1 Å². The maximum absolute atomic E-state index is 6.69. The molecular weight excluding hydrogens is 801 g/mol. The second-order valence-corrected chi connectivity index (χ2v) is 18.1. The summed E-state index contributed by atoms with van der Waals surface area (Å²) in [6.07, 6.45) is 0. The molecule has 0 aliphatic heterocycles. The molecule has 1 aliphatic carbocycles. The predicted molar refractivity (Wildman–Crippen MR) is 277 cm³/mol. The number of aromatic nitrogens is 1. The van der Waals surface area contributed by atoms with Crippen LogP contribution in [0.1, 0.15) is 25.0 Å². The maximum atomic E-state index is 6.69. The lowest BCUT2D eigenvalue weighted by Crippen LogP contribution is -2.14. The third kappa shape index (κ3) is 5.97. The minimum Gasteiger partial charge on any atom is -0.456 e. The van der Waals surface area contributed by atoms with Crippen LogP contribution in [0.5, 0.6) is 0 Å². The molecule has 2 heterocycles. The van der Waals surface area contributed by atoms with Crippen LogP contribution in [-0.2, 0) is 5.41 Å². The molecule has 312 valence electrons. The molecule has 0 amide bonds. The SMILES string of the molecule is CC1(C)c2ccccc2-c2ccc(-c3ccc(N(c4ccc(-c5ccccc5)cc4)c4cccc5oc6ccc(-c7ccc8c(c7)c7ccccc7n8-c7ccccc7)cc6c45)cc3)cc21. The fourth-order valence-electron chi connectivity index (χ4n) is 10.7. The topological polar surface area (TPSA) is 21.3 Å². The van der Waals surface area contributed by atoms with Gasteiger partial charge in [-0.15, -0.1) is 0 Å². The number of para-hydroxylation sites is 2. The van der Waals surface area contributed by atoms with Gasteiger partial charge in [0.15, 0.2) is 0 Å². The highest BCUT2D eigenvalue weighted by atomic mass is 16.3. The summed E-state index contributed by atoms with van der Waals surface area (Å²) in [7, 11) is 0. The standard InChI is InChI=1S/C63H44N2O/c1-63(2)55-20-11-9-18-50(55)51-35-28-46(40-56(51)63)43-26-33-49(34-27-43)64(48-31-24-42(25-32-48)41-14-5-3-6-15-41)59-22-13-23-61-62(59)54-39-45(30-37-60(54)66-61)44-29-36-58-53(38-44)52-19-10-12-21-57(52)65(58)47-16-7-4-8-17-47/h3-40H,1-2H3. The molecule has 0 spiro atoms. The average Bonchev–Trinajstić information content (AvgIpc) is 4.00. The molecule has 10 aromatic carbocycles. The van der Waals surface area contributed by atoms with Crippen molar-refractivity contribution < 1.29 is 4.42 Å². The van der Waals surface area contributed by atoms with Crippen LogP contribution in [0.3, 0.4) is 0 Å². The summed E-state index contributed by atoms with van der Waals surface area (Å²) in [5.74, 6) is 0. The molecule has 2 aromatic heterocycles. The average molecular weight is 845 g/mol. The lowest BCUT2D eigenvalue weighted by Gasteiger charge is -2.27. The van der Waals surface area contributed by atoms with Crippen LogP contribution in [0, 0.1) is 0 Å². The molecule has 0 atom stereocenters. The minimum atomic E-state index is -0.0635. The Balaban J connectivity index is 0.941. The number of hydrogen-bond donors (Lipinski definition) is 0. The monoisotopic (exact) mass is 844 g/mol. The van der Waals surface area contributed by atoms with Gasteiger partial charge in [-0.2, -0.15) is 0 Å². The molecule has 13 rings (SSSR count). The van der Waals surface area contributed by atoms with Crippen LogP contribution < -0.4 is 4.90 Å². The van der Waals surface area contributed by atoms with Crippen molar-refractivity contribution in [1.29, 1.82) is 0 Å². The van der Waals surface area contributed by atoms with Crippen LogP contribution in [0.25, 0.3) is 93.9 Å². The highest BCUT2D eigenvalue weighted by Gasteiger charge is 2.35. The zero-order valence-electron chi connectivity index (χ0n) is 36.7. The van der Waals surface area contributed by atoms with Crippen LogP contribution in [-0.4, -0.2) is 4.57 Å². The molecule has 0 N–H and O–H groups in total. The zero-order valence-corrected chi connectivity index (χ0v) is 36.7. The summed E-state index contributed by atoms with van der Waals surface area (Å²) < 4.78 is 9.05. The van der Waals surface area contributed by atoms with E-state index in [9.17, 15) is 0 Å². The van der Waals surface area contributed by atoms with E-state index in [0.717, 1.165) is 55.8 Å². The van der Waals surface area contributed by atoms with Crippen molar-refractivity contribution in [1.82, 2.24) is 4.57 Å². The lowest BCUT2D eigenvalue weighted by atomic mass is 9.81. The third-order valence-electron chi connectivity index (χ3n) is 14.0.